The van der Waals surface area contributed by atoms with Crippen LogP contribution in [0.4, 0.5) is 11.5 Å². The van der Waals surface area contributed by atoms with Crippen LogP contribution in [0.3, 0.4) is 0 Å². The van der Waals surface area contributed by atoms with Crippen molar-refractivity contribution in [2.45, 2.75) is 37.6 Å². The minimum atomic E-state index is 0.0568. The molecule has 0 spiro atoms. The number of nitrogens with zero attached hydrogens (tertiary/aromatic N) is 5. The smallest absolute Gasteiger partial charge is 0.254 e. The number of amides is 1. The molecular weight excluding hydrogens is 416 g/mol. The number of benzene rings is 1. The summed E-state index contributed by atoms with van der Waals surface area (Å²) in [7, 11) is 0. The van der Waals surface area contributed by atoms with Crippen LogP contribution in [0, 0.1) is 0 Å². The number of ether oxygens (including phenoxy) is 1. The van der Waals surface area contributed by atoms with E-state index in [1.165, 1.54) is 12.8 Å². The highest BCUT2D eigenvalue weighted by molar-refractivity contribution is 5.94. The van der Waals surface area contributed by atoms with Crippen molar-refractivity contribution in [2.24, 2.45) is 0 Å². The highest BCUT2D eigenvalue weighted by Gasteiger charge is 2.33. The van der Waals surface area contributed by atoms with E-state index >= 15 is 0 Å². The molecule has 33 heavy (non-hydrogen) atoms. The molecule has 1 N–H and O–H groups in total. The molecule has 2 aromatic heterocycles. The van der Waals surface area contributed by atoms with E-state index in [-0.39, 0.29) is 5.91 Å². The number of piperidine rings is 1. The van der Waals surface area contributed by atoms with E-state index in [0.29, 0.717) is 37.8 Å². The molecule has 0 atom stereocenters. The molecule has 2 saturated heterocycles. The van der Waals surface area contributed by atoms with Crippen molar-refractivity contribution in [1.29, 1.82) is 0 Å². The molecule has 0 bridgehead atoms. The maximum atomic E-state index is 12.7. The van der Waals surface area contributed by atoms with Gasteiger partial charge in [0.2, 0.25) is 0 Å². The van der Waals surface area contributed by atoms with E-state index in [2.05, 4.69) is 19.6 Å². The number of anilines is 2. The van der Waals surface area contributed by atoms with E-state index in [1.807, 2.05) is 47.8 Å². The highest BCUT2D eigenvalue weighted by atomic mass is 16.5. The molecule has 1 aliphatic carbocycles. The highest BCUT2D eigenvalue weighted by Crippen LogP contribution is 2.35. The predicted octanol–water partition coefficient (Wildman–Crippen LogP) is 3.29. The normalized spacial score (nSPS) is 20.3. The van der Waals surface area contributed by atoms with E-state index in [9.17, 15) is 4.79 Å². The quantitative estimate of drug-likeness (QED) is 0.648. The molecule has 3 fully saturated rings. The number of hydrogen-bond acceptors (Lipinski definition) is 6. The van der Waals surface area contributed by atoms with Gasteiger partial charge < -0.3 is 19.9 Å². The number of likely N-dealkylation sites (tertiary alicyclic amines) is 1. The first-order chi connectivity index (χ1) is 16.3. The number of carbonyl (C=O) groups is 1. The van der Waals surface area contributed by atoms with E-state index in [4.69, 9.17) is 9.72 Å². The third kappa shape index (κ3) is 4.20. The van der Waals surface area contributed by atoms with Gasteiger partial charge in [-0.05, 0) is 63.0 Å². The third-order valence-electron chi connectivity index (χ3n) is 7.12. The predicted molar refractivity (Wildman–Crippen MR) is 126 cm³/mol. The fraction of sp³-hybridized carbons (Fsp3) is 0.480. The molecule has 6 rings (SSSR count). The summed E-state index contributed by atoms with van der Waals surface area (Å²) in [6.45, 7) is 4.83. The van der Waals surface area contributed by atoms with E-state index in [0.717, 1.165) is 54.8 Å². The molecule has 8 heteroatoms. The second-order valence-corrected chi connectivity index (χ2v) is 9.30. The van der Waals surface area contributed by atoms with Gasteiger partial charge in [-0.1, -0.05) is 0 Å². The van der Waals surface area contributed by atoms with Gasteiger partial charge in [0.25, 0.3) is 5.91 Å². The molecule has 0 radical (unpaired) electrons. The summed E-state index contributed by atoms with van der Waals surface area (Å²) in [5.74, 6) is 2.44. The number of imidazole rings is 1. The molecule has 3 aromatic rings. The maximum Gasteiger partial charge on any atom is 0.254 e. The van der Waals surface area contributed by atoms with Crippen molar-refractivity contribution in [3.8, 4) is 0 Å². The molecule has 0 unspecified atom stereocenters. The van der Waals surface area contributed by atoms with Gasteiger partial charge in [0.15, 0.2) is 5.82 Å². The SMILES string of the molecule is O=C(c1ccc(Nc2nc(C3CCN(C4CC4)CC3)n3ccncc23)cc1)N1CCOCC1. The fourth-order valence-corrected chi connectivity index (χ4v) is 5.09. The second kappa shape index (κ2) is 8.76. The Balaban J connectivity index is 1.20. The first kappa shape index (κ1) is 20.6. The van der Waals surface area contributed by atoms with Crippen LogP contribution < -0.4 is 5.32 Å². The minimum absolute atomic E-state index is 0.0568. The van der Waals surface area contributed by atoms with Gasteiger partial charge >= 0.3 is 0 Å². The largest absolute Gasteiger partial charge is 0.378 e. The van der Waals surface area contributed by atoms with Gasteiger partial charge in [0, 0.05) is 48.7 Å². The zero-order valence-electron chi connectivity index (χ0n) is 18.8. The number of nitrogens with one attached hydrogen (secondary N) is 1. The molecule has 2 aliphatic heterocycles. The molecular formula is C25H30N6O2. The summed E-state index contributed by atoms with van der Waals surface area (Å²) in [6.07, 6.45) is 10.7. The number of fused-ring (bicyclic) bond motifs is 1. The summed E-state index contributed by atoms with van der Waals surface area (Å²) in [5.41, 5.74) is 2.58. The number of aromatic nitrogens is 3. The van der Waals surface area contributed by atoms with Gasteiger partial charge in [-0.2, -0.15) is 0 Å². The Morgan fingerprint density at radius 2 is 1.76 bits per heavy atom. The Kier molecular flexibility index (Phi) is 5.47. The Morgan fingerprint density at radius 1 is 1.00 bits per heavy atom. The van der Waals surface area contributed by atoms with Crippen LogP contribution in [0.25, 0.3) is 5.52 Å². The van der Waals surface area contributed by atoms with Crippen molar-refractivity contribution < 1.29 is 9.53 Å². The Labute approximate surface area is 193 Å². The number of carbonyl (C=O) groups excluding carboxylic acids is 1. The van der Waals surface area contributed by atoms with Gasteiger partial charge in [-0.25, -0.2) is 4.98 Å². The first-order valence-corrected chi connectivity index (χ1v) is 12.1. The minimum Gasteiger partial charge on any atom is -0.378 e. The number of rotatable bonds is 5. The number of hydrogen-bond donors (Lipinski definition) is 1. The standard InChI is InChI=1S/C25H30N6O2/c32-25(30-13-15-33-16-14-30)19-1-3-20(4-2-19)27-23-22-17-26-9-12-31(22)24(28-23)18-7-10-29(11-8-18)21-5-6-21/h1-4,9,12,17-18,21,27H,5-8,10-11,13-16H2. The van der Waals surface area contributed by atoms with Crippen molar-refractivity contribution in [1.82, 2.24) is 24.2 Å². The summed E-state index contributed by atoms with van der Waals surface area (Å²) >= 11 is 0. The summed E-state index contributed by atoms with van der Waals surface area (Å²) in [5, 5.41) is 3.46. The molecule has 172 valence electrons. The zero-order chi connectivity index (χ0) is 22.2. The van der Waals surface area contributed by atoms with Crippen molar-refractivity contribution >= 4 is 22.9 Å². The van der Waals surface area contributed by atoms with E-state index in [1.54, 1.807) is 0 Å². The summed E-state index contributed by atoms with van der Waals surface area (Å²) < 4.78 is 7.53. The molecule has 1 aromatic carbocycles. The molecule has 1 amide bonds. The van der Waals surface area contributed by atoms with Crippen LogP contribution >= 0.6 is 0 Å². The fourth-order valence-electron chi connectivity index (χ4n) is 5.09. The van der Waals surface area contributed by atoms with Crippen LogP contribution in [-0.4, -0.2) is 75.5 Å². The second-order valence-electron chi connectivity index (χ2n) is 9.30. The van der Waals surface area contributed by atoms with Gasteiger partial charge in [-0.15, -0.1) is 0 Å². The third-order valence-corrected chi connectivity index (χ3v) is 7.12. The molecule has 1 saturated carbocycles. The summed E-state index contributed by atoms with van der Waals surface area (Å²) in [4.78, 5) is 26.6. The maximum absolute atomic E-state index is 12.7. The van der Waals surface area contributed by atoms with Crippen LogP contribution in [0.5, 0.6) is 0 Å². The zero-order valence-corrected chi connectivity index (χ0v) is 18.8. The average Bonchev–Trinajstić information content (AvgIpc) is 3.67. The van der Waals surface area contributed by atoms with Crippen molar-refractivity contribution in [3.05, 3.63) is 54.2 Å². The van der Waals surface area contributed by atoms with Gasteiger partial charge in [0.1, 0.15) is 11.3 Å². The molecule has 4 heterocycles. The Hall–Kier alpha value is -2.97. The molecule has 8 nitrogen and oxygen atoms in total. The Bertz CT molecular complexity index is 1130. The van der Waals surface area contributed by atoms with Crippen LogP contribution in [0.2, 0.25) is 0 Å². The van der Waals surface area contributed by atoms with Crippen LogP contribution in [0.15, 0.2) is 42.9 Å². The Morgan fingerprint density at radius 3 is 2.48 bits per heavy atom. The summed E-state index contributed by atoms with van der Waals surface area (Å²) in [6, 6.07) is 8.49. The van der Waals surface area contributed by atoms with Crippen LogP contribution in [0.1, 0.15) is 47.8 Å². The van der Waals surface area contributed by atoms with Crippen LogP contribution in [-0.2, 0) is 4.74 Å². The van der Waals surface area contributed by atoms with Crippen molar-refractivity contribution in [3.63, 3.8) is 0 Å². The van der Waals surface area contributed by atoms with E-state index < -0.39 is 0 Å². The number of morpholine rings is 1. The average molecular weight is 447 g/mol. The van der Waals surface area contributed by atoms with Crippen molar-refractivity contribution in [2.75, 3.05) is 44.7 Å². The lowest BCUT2D eigenvalue weighted by Gasteiger charge is -2.31. The van der Waals surface area contributed by atoms with Gasteiger partial charge in [-0.3, -0.25) is 14.2 Å². The lowest BCUT2D eigenvalue weighted by atomic mass is 9.96. The first-order valence-electron chi connectivity index (χ1n) is 12.1. The monoisotopic (exact) mass is 446 g/mol. The topological polar surface area (TPSA) is 75.0 Å². The lowest BCUT2D eigenvalue weighted by molar-refractivity contribution is 0.0303. The molecule has 3 aliphatic rings. The van der Waals surface area contributed by atoms with Gasteiger partial charge in [0.05, 0.1) is 19.4 Å². The lowest BCUT2D eigenvalue weighted by Crippen LogP contribution is -2.40.